The second kappa shape index (κ2) is 5.05. The molecule has 2 rings (SSSR count). The lowest BCUT2D eigenvalue weighted by atomic mass is 9.77. The van der Waals surface area contributed by atoms with Crippen LogP contribution < -0.4 is 0 Å². The van der Waals surface area contributed by atoms with Crippen molar-refractivity contribution >= 4 is 10.1 Å². The Morgan fingerprint density at radius 1 is 1.00 bits per heavy atom. The van der Waals surface area contributed by atoms with Gasteiger partial charge in [0.15, 0.2) is 11.5 Å². The van der Waals surface area contributed by atoms with Gasteiger partial charge in [-0.25, -0.2) is 0 Å². The Morgan fingerprint density at radius 2 is 1.57 bits per heavy atom. The fraction of sp³-hybridized carbons (Fsp3) is 0.200. The molecule has 2 aromatic rings. The molecule has 5 nitrogen and oxygen atoms in total. The second-order valence-corrected chi connectivity index (χ2v) is 6.73. The Hall–Kier alpha value is -2.05. The van der Waals surface area contributed by atoms with Crippen LogP contribution in [0.15, 0.2) is 47.4 Å². The van der Waals surface area contributed by atoms with E-state index >= 15 is 0 Å². The van der Waals surface area contributed by atoms with Gasteiger partial charge in [-0.3, -0.25) is 4.55 Å². The highest BCUT2D eigenvalue weighted by atomic mass is 32.2. The monoisotopic (exact) mass is 308 g/mol. The van der Waals surface area contributed by atoms with Crippen molar-refractivity contribution in [3.63, 3.8) is 0 Å². The van der Waals surface area contributed by atoms with E-state index in [1.54, 1.807) is 13.8 Å². The van der Waals surface area contributed by atoms with Crippen LogP contribution >= 0.6 is 0 Å². The van der Waals surface area contributed by atoms with Crippen LogP contribution in [0.25, 0.3) is 0 Å². The molecule has 112 valence electrons. The number of phenols is 2. The smallest absolute Gasteiger partial charge is 0.294 e. The molecule has 21 heavy (non-hydrogen) atoms. The van der Waals surface area contributed by atoms with Gasteiger partial charge in [-0.1, -0.05) is 44.2 Å². The van der Waals surface area contributed by atoms with Crippen molar-refractivity contribution < 1.29 is 23.2 Å². The lowest BCUT2D eigenvalue weighted by Gasteiger charge is -2.27. The summed E-state index contributed by atoms with van der Waals surface area (Å²) in [6, 6.07) is 11.1. The molecule has 0 heterocycles. The van der Waals surface area contributed by atoms with Crippen molar-refractivity contribution in [2.75, 3.05) is 0 Å². The summed E-state index contributed by atoms with van der Waals surface area (Å²) in [4.78, 5) is -0.461. The van der Waals surface area contributed by atoms with E-state index in [0.29, 0.717) is 0 Å². The van der Waals surface area contributed by atoms with E-state index in [1.165, 1.54) is 0 Å². The zero-order chi connectivity index (χ0) is 15.8. The first-order chi connectivity index (χ1) is 9.64. The lowest BCUT2D eigenvalue weighted by Crippen LogP contribution is -2.19. The number of phenolic OH excluding ortho intramolecular Hbond substituents is 2. The summed E-state index contributed by atoms with van der Waals surface area (Å²) >= 11 is 0. The number of aromatic hydroxyl groups is 2. The summed E-state index contributed by atoms with van der Waals surface area (Å²) in [5, 5.41) is 19.8. The van der Waals surface area contributed by atoms with Gasteiger partial charge in [0.05, 0.1) is 4.90 Å². The Kier molecular flexibility index (Phi) is 3.69. The summed E-state index contributed by atoms with van der Waals surface area (Å²) in [7, 11) is -4.48. The highest BCUT2D eigenvalue weighted by molar-refractivity contribution is 7.85. The molecule has 2 aromatic carbocycles. The zero-order valence-corrected chi connectivity index (χ0v) is 12.4. The molecule has 0 aromatic heterocycles. The van der Waals surface area contributed by atoms with E-state index < -0.39 is 31.9 Å². The minimum atomic E-state index is -4.48. The maximum Gasteiger partial charge on any atom is 0.294 e. The van der Waals surface area contributed by atoms with Gasteiger partial charge >= 0.3 is 0 Å². The van der Waals surface area contributed by atoms with Crippen molar-refractivity contribution in [3.05, 3.63) is 53.6 Å². The molecule has 0 radical (unpaired) electrons. The molecule has 0 aliphatic heterocycles. The number of rotatable bonds is 3. The van der Waals surface area contributed by atoms with E-state index in [9.17, 15) is 18.6 Å². The average Bonchev–Trinajstić information content (AvgIpc) is 2.41. The molecule has 0 spiro atoms. The Bertz CT molecular complexity index is 764. The second-order valence-electron chi connectivity index (χ2n) is 5.30. The van der Waals surface area contributed by atoms with Gasteiger partial charge in [-0.05, 0) is 11.6 Å². The summed E-state index contributed by atoms with van der Waals surface area (Å²) in [5.41, 5.74) is 0.275. The summed E-state index contributed by atoms with van der Waals surface area (Å²) in [6.07, 6.45) is 0. The van der Waals surface area contributed by atoms with Gasteiger partial charge in [-0.15, -0.1) is 0 Å². The first-order valence-electron chi connectivity index (χ1n) is 6.23. The molecule has 0 aliphatic rings. The highest BCUT2D eigenvalue weighted by Crippen LogP contribution is 2.42. The van der Waals surface area contributed by atoms with Gasteiger partial charge in [0.1, 0.15) is 0 Å². The average molecular weight is 308 g/mol. The van der Waals surface area contributed by atoms with Gasteiger partial charge < -0.3 is 10.2 Å². The SMILES string of the molecule is CC(C)(c1ccccc1)c1cc(S(=O)(=O)O)cc(O)c1O. The van der Waals surface area contributed by atoms with Crippen molar-refractivity contribution in [3.8, 4) is 11.5 Å². The van der Waals surface area contributed by atoms with E-state index in [0.717, 1.165) is 17.7 Å². The molecule has 0 saturated heterocycles. The molecule has 0 unspecified atom stereocenters. The van der Waals surface area contributed by atoms with Crippen LogP contribution in [0.5, 0.6) is 11.5 Å². The van der Waals surface area contributed by atoms with Crippen LogP contribution in [-0.2, 0) is 15.5 Å². The van der Waals surface area contributed by atoms with Crippen LogP contribution in [0, 0.1) is 0 Å². The van der Waals surface area contributed by atoms with Crippen molar-refractivity contribution in [1.82, 2.24) is 0 Å². The zero-order valence-electron chi connectivity index (χ0n) is 11.6. The minimum absolute atomic E-state index is 0.210. The maximum atomic E-state index is 11.3. The molecule has 0 fully saturated rings. The fourth-order valence-corrected chi connectivity index (χ4v) is 2.76. The molecular formula is C15H16O5S. The molecule has 0 atom stereocenters. The molecule has 0 bridgehead atoms. The normalized spacial score (nSPS) is 12.3. The third kappa shape index (κ3) is 2.86. The van der Waals surface area contributed by atoms with Gasteiger partial charge in [0, 0.05) is 17.0 Å². The van der Waals surface area contributed by atoms with Crippen molar-refractivity contribution in [1.29, 1.82) is 0 Å². The quantitative estimate of drug-likeness (QED) is 0.598. The maximum absolute atomic E-state index is 11.3. The van der Waals surface area contributed by atoms with Gasteiger partial charge in [0.2, 0.25) is 0 Å². The fourth-order valence-electron chi connectivity index (χ4n) is 2.23. The molecular weight excluding hydrogens is 292 g/mol. The third-order valence-electron chi connectivity index (χ3n) is 3.53. The standard InChI is InChI=1S/C15H16O5S/c1-15(2,10-6-4-3-5-7-10)12-8-11(21(18,19)20)9-13(16)14(12)17/h3-9,16-17H,1-2H3,(H,18,19,20). The van der Waals surface area contributed by atoms with Crippen LogP contribution in [0.3, 0.4) is 0 Å². The van der Waals surface area contributed by atoms with Crippen LogP contribution in [0.4, 0.5) is 0 Å². The predicted molar refractivity (Wildman–Crippen MR) is 78.2 cm³/mol. The van der Waals surface area contributed by atoms with E-state index in [-0.39, 0.29) is 5.56 Å². The van der Waals surface area contributed by atoms with Crippen molar-refractivity contribution in [2.45, 2.75) is 24.2 Å². The van der Waals surface area contributed by atoms with Crippen LogP contribution in [-0.4, -0.2) is 23.2 Å². The Morgan fingerprint density at radius 3 is 2.10 bits per heavy atom. The minimum Gasteiger partial charge on any atom is -0.504 e. The summed E-state index contributed by atoms with van der Waals surface area (Å²) in [6.45, 7) is 3.56. The number of hydrogen-bond donors (Lipinski definition) is 3. The Balaban J connectivity index is 2.71. The third-order valence-corrected chi connectivity index (χ3v) is 4.36. The molecule has 6 heteroatoms. The van der Waals surface area contributed by atoms with Gasteiger partial charge in [-0.2, -0.15) is 8.42 Å². The molecule has 0 saturated carbocycles. The Labute approximate surface area is 123 Å². The molecule has 3 N–H and O–H groups in total. The van der Waals surface area contributed by atoms with Crippen LogP contribution in [0.2, 0.25) is 0 Å². The lowest BCUT2D eigenvalue weighted by molar-refractivity contribution is 0.389. The number of benzene rings is 2. The van der Waals surface area contributed by atoms with E-state index in [4.69, 9.17) is 4.55 Å². The first-order valence-corrected chi connectivity index (χ1v) is 7.67. The topological polar surface area (TPSA) is 94.8 Å². The largest absolute Gasteiger partial charge is 0.504 e. The van der Waals surface area contributed by atoms with Crippen molar-refractivity contribution in [2.24, 2.45) is 0 Å². The van der Waals surface area contributed by atoms with Gasteiger partial charge in [0.25, 0.3) is 10.1 Å². The molecule has 0 amide bonds. The first kappa shape index (κ1) is 15.3. The highest BCUT2D eigenvalue weighted by Gasteiger charge is 2.29. The van der Waals surface area contributed by atoms with Crippen LogP contribution in [0.1, 0.15) is 25.0 Å². The molecule has 0 aliphatic carbocycles. The number of hydrogen-bond acceptors (Lipinski definition) is 4. The summed E-state index contributed by atoms with van der Waals surface area (Å²) < 4.78 is 31.7. The van der Waals surface area contributed by atoms with E-state index in [1.807, 2.05) is 30.3 Å². The summed E-state index contributed by atoms with van der Waals surface area (Å²) in [5.74, 6) is -1.000. The predicted octanol–water partition coefficient (Wildman–Crippen LogP) is 2.67. The van der Waals surface area contributed by atoms with E-state index in [2.05, 4.69) is 0 Å².